The highest BCUT2D eigenvalue weighted by Crippen LogP contribution is 2.32. The van der Waals surface area contributed by atoms with E-state index in [2.05, 4.69) is 36.5 Å². The van der Waals surface area contributed by atoms with E-state index in [0.29, 0.717) is 24.2 Å². The summed E-state index contributed by atoms with van der Waals surface area (Å²) in [6, 6.07) is 7.34. The quantitative estimate of drug-likeness (QED) is 0.592. The molecule has 1 saturated heterocycles. The molecule has 1 fully saturated rings. The third kappa shape index (κ3) is 3.42. The fraction of sp³-hybridized carbons (Fsp3) is 0.263. The molecule has 3 N–H and O–H groups in total. The van der Waals surface area contributed by atoms with Crippen LogP contribution in [-0.2, 0) is 0 Å². The predicted molar refractivity (Wildman–Crippen MR) is 107 cm³/mol. The number of aromatic amines is 1. The van der Waals surface area contributed by atoms with Gasteiger partial charge in [0.15, 0.2) is 5.82 Å². The third-order valence-corrected chi connectivity index (χ3v) is 5.23. The van der Waals surface area contributed by atoms with Crippen LogP contribution >= 0.6 is 15.9 Å². The molecule has 0 radical (unpaired) electrons. The number of nitrogens with one attached hydrogen (secondary N) is 3. The first-order valence-corrected chi connectivity index (χ1v) is 9.52. The summed E-state index contributed by atoms with van der Waals surface area (Å²) in [5, 5.41) is 6.35. The van der Waals surface area contributed by atoms with Crippen LogP contribution < -0.4 is 10.6 Å². The molecule has 1 aromatic heterocycles. The number of carbonyl (C=O) groups is 1. The molecule has 2 aromatic carbocycles. The van der Waals surface area contributed by atoms with Crippen LogP contribution in [0.25, 0.3) is 11.0 Å². The van der Waals surface area contributed by atoms with Crippen LogP contribution in [0.2, 0.25) is 0 Å². The lowest BCUT2D eigenvalue weighted by Crippen LogP contribution is -2.46. The molecule has 1 aliphatic heterocycles. The summed E-state index contributed by atoms with van der Waals surface area (Å²) in [6.45, 7) is 4.58. The minimum atomic E-state index is -0.533. The molecule has 0 aliphatic carbocycles. The first-order chi connectivity index (χ1) is 13.0. The Morgan fingerprint density at radius 2 is 2.07 bits per heavy atom. The monoisotopic (exact) mass is 431 g/mol. The van der Waals surface area contributed by atoms with Crippen molar-refractivity contribution in [1.82, 2.24) is 20.2 Å². The number of amides is 1. The second-order valence-electron chi connectivity index (χ2n) is 6.54. The van der Waals surface area contributed by atoms with E-state index in [9.17, 15) is 4.79 Å². The number of benzene rings is 2. The fourth-order valence-corrected chi connectivity index (χ4v) is 3.75. The first-order valence-electron chi connectivity index (χ1n) is 8.73. The molecule has 8 heteroatoms. The Morgan fingerprint density at radius 3 is 2.81 bits per heavy atom. The number of nitrogens with zero attached hydrogens (tertiary/aromatic N) is 2. The standard InChI is InChI=1S/C19H19BrFN5O/c1-11-8-12(20)2-3-14(11)25-17-13(19(27)26-6-4-22-5-7-26)9-15-18(16(17)21)24-10-23-15/h2-3,8-10,22,25H,4-7H2,1H3,(H,23,24). The SMILES string of the molecule is Cc1cc(Br)ccc1Nc1c(C(=O)N2CCNCC2)cc2[nH]cnc2c1F. The predicted octanol–water partition coefficient (Wildman–Crippen LogP) is 3.56. The highest BCUT2D eigenvalue weighted by Gasteiger charge is 2.25. The van der Waals surface area contributed by atoms with Gasteiger partial charge in [-0.1, -0.05) is 15.9 Å². The molecular formula is C19H19BrFN5O. The Labute approximate surface area is 164 Å². The van der Waals surface area contributed by atoms with Crippen molar-refractivity contribution in [2.45, 2.75) is 6.92 Å². The van der Waals surface area contributed by atoms with Gasteiger partial charge in [0.1, 0.15) is 5.52 Å². The molecule has 0 unspecified atom stereocenters. The Bertz CT molecular complexity index is 1010. The zero-order chi connectivity index (χ0) is 19.0. The van der Waals surface area contributed by atoms with Crippen LogP contribution in [0.4, 0.5) is 15.8 Å². The van der Waals surface area contributed by atoms with E-state index in [1.807, 2.05) is 25.1 Å². The van der Waals surface area contributed by atoms with Crippen LogP contribution in [0.1, 0.15) is 15.9 Å². The lowest BCUT2D eigenvalue weighted by atomic mass is 10.1. The summed E-state index contributed by atoms with van der Waals surface area (Å²) in [5.74, 6) is -0.723. The van der Waals surface area contributed by atoms with Crippen molar-refractivity contribution in [3.8, 4) is 0 Å². The van der Waals surface area contributed by atoms with Gasteiger partial charge in [-0.05, 0) is 36.8 Å². The Morgan fingerprint density at radius 1 is 1.30 bits per heavy atom. The van der Waals surface area contributed by atoms with Crippen LogP contribution in [0.5, 0.6) is 0 Å². The number of hydrogen-bond donors (Lipinski definition) is 3. The number of rotatable bonds is 3. The van der Waals surface area contributed by atoms with Gasteiger partial charge in [0.25, 0.3) is 5.91 Å². The van der Waals surface area contributed by atoms with Crippen LogP contribution in [-0.4, -0.2) is 47.0 Å². The fourth-order valence-electron chi connectivity index (χ4n) is 3.27. The van der Waals surface area contributed by atoms with E-state index >= 15 is 4.39 Å². The highest BCUT2D eigenvalue weighted by atomic mass is 79.9. The van der Waals surface area contributed by atoms with Gasteiger partial charge in [-0.15, -0.1) is 0 Å². The van der Waals surface area contributed by atoms with E-state index in [4.69, 9.17) is 0 Å². The number of hydrogen-bond acceptors (Lipinski definition) is 4. The second kappa shape index (κ2) is 7.28. The van der Waals surface area contributed by atoms with Gasteiger partial charge in [0.2, 0.25) is 0 Å². The largest absolute Gasteiger partial charge is 0.352 e. The summed E-state index contributed by atoms with van der Waals surface area (Å²) in [6.07, 6.45) is 1.43. The van der Waals surface area contributed by atoms with Gasteiger partial charge >= 0.3 is 0 Å². The maximum Gasteiger partial charge on any atom is 0.256 e. The summed E-state index contributed by atoms with van der Waals surface area (Å²) in [7, 11) is 0. The van der Waals surface area contributed by atoms with E-state index in [1.54, 1.807) is 11.0 Å². The number of carbonyl (C=O) groups excluding carboxylic acids is 1. The maximum atomic E-state index is 15.2. The number of halogens is 2. The molecule has 1 amide bonds. The average Bonchev–Trinajstić information content (AvgIpc) is 3.15. The molecule has 0 saturated carbocycles. The molecule has 0 bridgehead atoms. The zero-order valence-corrected chi connectivity index (χ0v) is 16.4. The summed E-state index contributed by atoms with van der Waals surface area (Å²) >= 11 is 3.43. The molecular weight excluding hydrogens is 413 g/mol. The van der Waals surface area contributed by atoms with E-state index in [0.717, 1.165) is 28.8 Å². The highest BCUT2D eigenvalue weighted by molar-refractivity contribution is 9.10. The molecule has 6 nitrogen and oxygen atoms in total. The smallest absolute Gasteiger partial charge is 0.256 e. The van der Waals surface area contributed by atoms with E-state index < -0.39 is 5.82 Å². The van der Waals surface area contributed by atoms with E-state index in [-0.39, 0.29) is 17.1 Å². The number of aryl methyl sites for hydroxylation is 1. The summed E-state index contributed by atoms with van der Waals surface area (Å²) in [5.41, 5.74) is 2.85. The lowest BCUT2D eigenvalue weighted by molar-refractivity contribution is 0.0736. The molecule has 1 aliphatic rings. The minimum Gasteiger partial charge on any atom is -0.352 e. The van der Waals surface area contributed by atoms with Crippen molar-refractivity contribution in [3.63, 3.8) is 0 Å². The maximum absolute atomic E-state index is 15.2. The first kappa shape index (κ1) is 17.9. The number of fused-ring (bicyclic) bond motifs is 1. The lowest BCUT2D eigenvalue weighted by Gasteiger charge is -2.28. The van der Waals surface area contributed by atoms with Crippen molar-refractivity contribution < 1.29 is 9.18 Å². The van der Waals surface area contributed by atoms with Gasteiger partial charge in [0.05, 0.1) is 23.1 Å². The number of aromatic nitrogens is 2. The van der Waals surface area contributed by atoms with Gasteiger partial charge < -0.3 is 20.5 Å². The van der Waals surface area contributed by atoms with Crippen LogP contribution in [0.15, 0.2) is 35.1 Å². The Balaban J connectivity index is 1.81. The Hall–Kier alpha value is -2.45. The third-order valence-electron chi connectivity index (χ3n) is 4.74. The van der Waals surface area contributed by atoms with Gasteiger partial charge in [0, 0.05) is 36.3 Å². The number of H-pyrrole nitrogens is 1. The molecule has 140 valence electrons. The molecule has 0 spiro atoms. The zero-order valence-electron chi connectivity index (χ0n) is 14.8. The van der Waals surface area contributed by atoms with Crippen molar-refractivity contribution in [1.29, 1.82) is 0 Å². The summed E-state index contributed by atoms with van der Waals surface area (Å²) < 4.78 is 16.2. The van der Waals surface area contributed by atoms with Gasteiger partial charge in [-0.2, -0.15) is 0 Å². The van der Waals surface area contributed by atoms with Crippen molar-refractivity contribution in [2.24, 2.45) is 0 Å². The van der Waals surface area contributed by atoms with Crippen molar-refractivity contribution >= 4 is 44.2 Å². The number of piperazine rings is 1. The van der Waals surface area contributed by atoms with Gasteiger partial charge in [-0.3, -0.25) is 4.79 Å². The molecule has 4 rings (SSSR count). The van der Waals surface area contributed by atoms with E-state index in [1.165, 1.54) is 6.33 Å². The molecule has 3 aromatic rings. The Kier molecular flexibility index (Phi) is 4.84. The van der Waals surface area contributed by atoms with Crippen molar-refractivity contribution in [2.75, 3.05) is 31.5 Å². The average molecular weight is 432 g/mol. The normalized spacial score (nSPS) is 14.6. The molecule has 27 heavy (non-hydrogen) atoms. The summed E-state index contributed by atoms with van der Waals surface area (Å²) in [4.78, 5) is 21.8. The van der Waals surface area contributed by atoms with Crippen LogP contribution in [0, 0.1) is 12.7 Å². The topological polar surface area (TPSA) is 73.1 Å². The van der Waals surface area contributed by atoms with Crippen LogP contribution in [0.3, 0.4) is 0 Å². The number of anilines is 2. The molecule has 2 heterocycles. The minimum absolute atomic E-state index is 0.156. The number of imidazole rings is 1. The van der Waals surface area contributed by atoms with Gasteiger partial charge in [-0.25, -0.2) is 9.37 Å². The second-order valence-corrected chi connectivity index (χ2v) is 7.45. The van der Waals surface area contributed by atoms with Crippen molar-refractivity contribution in [3.05, 3.63) is 52.0 Å². The molecule has 0 atom stereocenters.